The molecule has 1 radical (unpaired) electrons. The third kappa shape index (κ3) is 3.90. The third-order valence-electron chi connectivity index (χ3n) is 1.19. The number of rotatable bonds is 7. The van der Waals surface area contributed by atoms with Crippen LogP contribution in [0, 0.1) is 6.92 Å². The Hall–Kier alpha value is -0.370. The summed E-state index contributed by atoms with van der Waals surface area (Å²) >= 11 is 0. The summed E-state index contributed by atoms with van der Waals surface area (Å²) in [6, 6.07) is 0. The average molecular weight is 203 g/mol. The summed E-state index contributed by atoms with van der Waals surface area (Å²) in [5.41, 5.74) is 0. The number of alkyl halides is 3. The smallest absolute Gasteiger partial charge is 0.225 e. The number of aliphatic hydroxyl groups is 1. The van der Waals surface area contributed by atoms with E-state index in [-0.39, 0.29) is 0 Å². The number of hydrogen-bond acceptors (Lipinski definition) is 4. The van der Waals surface area contributed by atoms with Crippen molar-refractivity contribution in [2.45, 2.75) is 12.1 Å². The lowest BCUT2D eigenvalue weighted by Gasteiger charge is -2.30. The molecule has 0 amide bonds. The first-order chi connectivity index (χ1) is 6.10. The zero-order valence-electron chi connectivity index (χ0n) is 6.71. The van der Waals surface area contributed by atoms with Crippen molar-refractivity contribution in [2.75, 3.05) is 20.6 Å². The van der Waals surface area contributed by atoms with Gasteiger partial charge in [0.25, 0.3) is 0 Å². The van der Waals surface area contributed by atoms with Gasteiger partial charge in [0, 0.05) is 6.92 Å². The molecule has 0 aliphatic rings. The van der Waals surface area contributed by atoms with Crippen molar-refractivity contribution in [3.8, 4) is 0 Å². The zero-order valence-corrected chi connectivity index (χ0v) is 6.71. The highest BCUT2D eigenvalue weighted by atomic mass is 19.1. The van der Waals surface area contributed by atoms with Crippen molar-refractivity contribution in [2.24, 2.45) is 0 Å². The van der Waals surface area contributed by atoms with Crippen LogP contribution < -0.4 is 0 Å². The van der Waals surface area contributed by atoms with Gasteiger partial charge >= 0.3 is 0 Å². The molecule has 0 aliphatic carbocycles. The van der Waals surface area contributed by atoms with Gasteiger partial charge in [0.05, 0.1) is 0 Å². The van der Waals surface area contributed by atoms with Crippen LogP contribution in [-0.4, -0.2) is 37.8 Å². The van der Waals surface area contributed by atoms with Gasteiger partial charge < -0.3 is 19.3 Å². The van der Waals surface area contributed by atoms with E-state index in [0.29, 0.717) is 0 Å². The minimum absolute atomic E-state index is 1.36. The Morgan fingerprint density at radius 2 is 1.62 bits per heavy atom. The van der Waals surface area contributed by atoms with Crippen LogP contribution in [-0.2, 0) is 14.2 Å². The van der Waals surface area contributed by atoms with Crippen LogP contribution in [0.4, 0.5) is 13.2 Å². The molecule has 0 bridgehead atoms. The van der Waals surface area contributed by atoms with Gasteiger partial charge in [-0.2, -0.15) is 0 Å². The quantitative estimate of drug-likeness (QED) is 0.617. The van der Waals surface area contributed by atoms with E-state index < -0.39 is 32.7 Å². The highest BCUT2D eigenvalue weighted by Gasteiger charge is 2.37. The van der Waals surface area contributed by atoms with Crippen molar-refractivity contribution in [1.82, 2.24) is 0 Å². The summed E-state index contributed by atoms with van der Waals surface area (Å²) in [6.45, 7) is -1.11. The fourth-order valence-electron chi connectivity index (χ4n) is 0.556. The molecule has 4 nitrogen and oxygen atoms in total. The van der Waals surface area contributed by atoms with E-state index in [4.69, 9.17) is 5.11 Å². The molecular weight excluding hydrogens is 193 g/mol. The van der Waals surface area contributed by atoms with Crippen molar-refractivity contribution in [3.63, 3.8) is 0 Å². The fourth-order valence-corrected chi connectivity index (χ4v) is 0.556. The molecule has 7 heteroatoms. The van der Waals surface area contributed by atoms with Crippen molar-refractivity contribution in [3.05, 3.63) is 6.92 Å². The van der Waals surface area contributed by atoms with E-state index in [0.717, 1.165) is 0 Å². The molecule has 1 atom stereocenters. The summed E-state index contributed by atoms with van der Waals surface area (Å²) in [5, 5.41) is 8.92. The van der Waals surface area contributed by atoms with E-state index in [9.17, 15) is 13.2 Å². The second-order valence-electron chi connectivity index (χ2n) is 1.95. The molecule has 0 aromatic rings. The van der Waals surface area contributed by atoms with Gasteiger partial charge in [0.2, 0.25) is 12.1 Å². The molecule has 0 saturated carbocycles. The summed E-state index contributed by atoms with van der Waals surface area (Å²) < 4.78 is 47.1. The van der Waals surface area contributed by atoms with Crippen LogP contribution in [0.3, 0.4) is 0 Å². The molecule has 0 aromatic heterocycles. The first-order valence-electron chi connectivity index (χ1n) is 3.21. The number of aliphatic hydroxyl groups excluding tert-OH is 1. The fraction of sp³-hybridized carbons (Fsp3) is 0.833. The first-order valence-corrected chi connectivity index (χ1v) is 3.21. The summed E-state index contributed by atoms with van der Waals surface area (Å²) in [6.07, 6.45) is -2.01. The van der Waals surface area contributed by atoms with Gasteiger partial charge in [-0.25, -0.2) is 13.2 Å². The Balaban J connectivity index is 4.18. The maximum Gasteiger partial charge on any atom is 0.225 e. The van der Waals surface area contributed by atoms with Crippen LogP contribution in [0.15, 0.2) is 0 Å². The molecule has 0 aliphatic heterocycles. The minimum Gasteiger partial charge on any atom is -0.364 e. The zero-order chi connectivity index (χ0) is 10.3. The summed E-state index contributed by atoms with van der Waals surface area (Å²) in [4.78, 5) is 0. The Kier molecular flexibility index (Phi) is 5.97. The van der Waals surface area contributed by atoms with Gasteiger partial charge in [0.1, 0.15) is 0 Å². The highest BCUT2D eigenvalue weighted by molar-refractivity contribution is 4.75. The maximum atomic E-state index is 11.7. The molecule has 13 heavy (non-hydrogen) atoms. The molecule has 1 N–H and O–H groups in total. The molecular formula is C6H10F3O4. The molecule has 0 spiro atoms. The van der Waals surface area contributed by atoms with Crippen molar-refractivity contribution < 1.29 is 32.5 Å². The van der Waals surface area contributed by atoms with Gasteiger partial charge in [-0.1, -0.05) is 0 Å². The molecule has 79 valence electrons. The molecule has 0 aromatic carbocycles. The van der Waals surface area contributed by atoms with Crippen molar-refractivity contribution in [1.29, 1.82) is 0 Å². The largest absolute Gasteiger partial charge is 0.364 e. The van der Waals surface area contributed by atoms with E-state index in [1.54, 1.807) is 0 Å². The normalized spacial score (nSPS) is 14.5. The summed E-state index contributed by atoms with van der Waals surface area (Å²) in [7, 11) is 0. The van der Waals surface area contributed by atoms with Crippen molar-refractivity contribution >= 4 is 0 Å². The van der Waals surface area contributed by atoms with Crippen LogP contribution >= 0.6 is 0 Å². The second kappa shape index (κ2) is 6.14. The number of ether oxygens (including phenoxy) is 3. The van der Waals surface area contributed by atoms with E-state index in [1.807, 2.05) is 0 Å². The predicted octanol–water partition coefficient (Wildman–Crippen LogP) is 0.666. The monoisotopic (exact) mass is 203 g/mol. The molecule has 0 fully saturated rings. The van der Waals surface area contributed by atoms with Crippen LogP contribution in [0.5, 0.6) is 0 Å². The van der Waals surface area contributed by atoms with Gasteiger partial charge in [-0.3, -0.25) is 0 Å². The molecule has 1 unspecified atom stereocenters. The average Bonchev–Trinajstić information content (AvgIpc) is 2.05. The van der Waals surface area contributed by atoms with Crippen LogP contribution in [0.2, 0.25) is 0 Å². The SMILES string of the molecule is [CH2]C(OCF)(OCF)C(O)OCF. The first kappa shape index (κ1) is 12.6. The lowest BCUT2D eigenvalue weighted by atomic mass is 10.3. The molecule has 0 heterocycles. The van der Waals surface area contributed by atoms with Gasteiger partial charge in [0.15, 0.2) is 20.6 Å². The Bertz CT molecular complexity index is 129. The standard InChI is InChI=1S/C6H10F3O4/c1-6(12-3-8,13-4-9)5(10)11-2-7/h5,10H,1-4H2. The highest BCUT2D eigenvalue weighted by Crippen LogP contribution is 2.18. The Morgan fingerprint density at radius 1 is 1.15 bits per heavy atom. The van der Waals surface area contributed by atoms with Crippen LogP contribution in [0.25, 0.3) is 0 Å². The van der Waals surface area contributed by atoms with Crippen LogP contribution in [0.1, 0.15) is 0 Å². The predicted molar refractivity (Wildman–Crippen MR) is 35.3 cm³/mol. The second-order valence-corrected chi connectivity index (χ2v) is 1.95. The van der Waals surface area contributed by atoms with E-state index in [1.165, 1.54) is 0 Å². The Labute approximate surface area is 73.2 Å². The lowest BCUT2D eigenvalue weighted by molar-refractivity contribution is -0.341. The minimum atomic E-state index is -2.30. The summed E-state index contributed by atoms with van der Waals surface area (Å²) in [5.74, 6) is -2.30. The maximum absolute atomic E-state index is 11.7. The van der Waals surface area contributed by atoms with E-state index in [2.05, 4.69) is 21.1 Å². The number of hydrogen-bond donors (Lipinski definition) is 1. The van der Waals surface area contributed by atoms with Gasteiger partial charge in [-0.05, 0) is 0 Å². The number of halogens is 3. The molecule has 0 rings (SSSR count). The van der Waals surface area contributed by atoms with E-state index >= 15 is 0 Å². The third-order valence-corrected chi connectivity index (χ3v) is 1.19. The molecule has 0 saturated heterocycles. The lowest BCUT2D eigenvalue weighted by Crippen LogP contribution is -2.46. The Morgan fingerprint density at radius 3 is 1.92 bits per heavy atom. The van der Waals surface area contributed by atoms with Gasteiger partial charge in [-0.15, -0.1) is 0 Å². The topological polar surface area (TPSA) is 47.9 Å².